The van der Waals surface area contributed by atoms with Gasteiger partial charge >= 0.3 is 0 Å². The fourth-order valence-electron chi connectivity index (χ4n) is 3.50. The lowest BCUT2D eigenvalue weighted by molar-refractivity contribution is -0.0390. The maximum atomic E-state index is 6.06. The second-order valence-corrected chi connectivity index (χ2v) is 8.94. The molecule has 1 saturated heterocycles. The van der Waals surface area contributed by atoms with Gasteiger partial charge in [0.1, 0.15) is 0 Å². The predicted octanol–water partition coefficient (Wildman–Crippen LogP) is 4.38. The Hall–Kier alpha value is -1.89. The van der Waals surface area contributed by atoms with E-state index in [0.717, 1.165) is 51.5 Å². The smallest absolute Gasteiger partial charge is 0.191 e. The molecule has 3 rings (SSSR count). The molecule has 0 amide bonds. The van der Waals surface area contributed by atoms with E-state index < -0.39 is 0 Å². The van der Waals surface area contributed by atoms with Crippen LogP contribution in [0.15, 0.2) is 46.8 Å². The molecule has 1 aliphatic rings. The van der Waals surface area contributed by atoms with Crippen molar-refractivity contribution in [3.63, 3.8) is 0 Å². The summed E-state index contributed by atoms with van der Waals surface area (Å²) >= 11 is 1.83. The Morgan fingerprint density at radius 2 is 2.03 bits per heavy atom. The Kier molecular flexibility index (Phi) is 9.67. The van der Waals surface area contributed by atoms with Gasteiger partial charge in [0.05, 0.1) is 19.3 Å². The average molecular weight is 430 g/mol. The summed E-state index contributed by atoms with van der Waals surface area (Å²) in [5.41, 5.74) is 2.41. The Morgan fingerprint density at radius 1 is 1.20 bits per heavy atom. The number of aliphatic imine (C=N–C) groups is 1. The molecule has 1 atom stereocenters. The molecule has 6 heteroatoms. The van der Waals surface area contributed by atoms with Crippen molar-refractivity contribution in [1.82, 2.24) is 10.6 Å². The molecular weight excluding hydrogens is 394 g/mol. The van der Waals surface area contributed by atoms with Crippen LogP contribution in [0.3, 0.4) is 0 Å². The van der Waals surface area contributed by atoms with Crippen LogP contribution < -0.4 is 10.6 Å². The summed E-state index contributed by atoms with van der Waals surface area (Å²) in [5, 5.41) is 8.99. The van der Waals surface area contributed by atoms with Crippen molar-refractivity contribution in [2.24, 2.45) is 10.9 Å². The largest absolute Gasteiger partial charge is 0.381 e. The third-order valence-corrected chi connectivity index (χ3v) is 6.06. The van der Waals surface area contributed by atoms with Gasteiger partial charge in [-0.2, -0.15) is 0 Å². The van der Waals surface area contributed by atoms with Gasteiger partial charge in [-0.15, -0.1) is 11.3 Å². The number of rotatable bonds is 10. The standard InChI is InChI=1S/C24H35N3O2S/c1-3-25-24(26-16-19(2)14-23-8-5-13-30-23)27-17-20-6-4-7-21(15-20)18-29-22-9-11-28-12-10-22/h4-8,13,15,19,22H,3,9-12,14,16-18H2,1-2H3,(H2,25,26,27). The van der Waals surface area contributed by atoms with E-state index in [2.05, 4.69) is 66.3 Å². The molecule has 2 N–H and O–H groups in total. The number of hydrogen-bond donors (Lipinski definition) is 2. The van der Waals surface area contributed by atoms with E-state index in [0.29, 0.717) is 25.2 Å². The molecule has 0 saturated carbocycles. The zero-order chi connectivity index (χ0) is 21.0. The molecule has 1 fully saturated rings. The fourth-order valence-corrected chi connectivity index (χ4v) is 4.37. The lowest BCUT2D eigenvalue weighted by atomic mass is 10.1. The Balaban J connectivity index is 1.48. The van der Waals surface area contributed by atoms with Crippen LogP contribution in [0.5, 0.6) is 0 Å². The van der Waals surface area contributed by atoms with E-state index in [1.807, 2.05) is 11.3 Å². The van der Waals surface area contributed by atoms with Crippen LogP contribution in [-0.4, -0.2) is 38.4 Å². The fraction of sp³-hybridized carbons (Fsp3) is 0.542. The van der Waals surface area contributed by atoms with Crippen molar-refractivity contribution in [3.8, 4) is 0 Å². The molecule has 0 spiro atoms. The molecule has 5 nitrogen and oxygen atoms in total. The monoisotopic (exact) mass is 429 g/mol. The topological polar surface area (TPSA) is 54.9 Å². The molecule has 1 aromatic carbocycles. The van der Waals surface area contributed by atoms with Gasteiger partial charge in [-0.3, -0.25) is 0 Å². The molecule has 0 radical (unpaired) electrons. The third-order valence-electron chi connectivity index (χ3n) is 5.16. The van der Waals surface area contributed by atoms with Crippen LogP contribution >= 0.6 is 11.3 Å². The van der Waals surface area contributed by atoms with Gasteiger partial charge in [-0.25, -0.2) is 4.99 Å². The summed E-state index contributed by atoms with van der Waals surface area (Å²) in [6, 6.07) is 12.9. The Bertz CT molecular complexity index is 758. The first-order valence-electron chi connectivity index (χ1n) is 11.0. The van der Waals surface area contributed by atoms with Gasteiger partial charge in [0.25, 0.3) is 0 Å². The van der Waals surface area contributed by atoms with E-state index in [4.69, 9.17) is 14.5 Å². The van der Waals surface area contributed by atoms with Crippen molar-refractivity contribution >= 4 is 17.3 Å². The number of nitrogens with zero attached hydrogens (tertiary/aromatic N) is 1. The first kappa shape index (κ1) is 22.8. The highest BCUT2D eigenvalue weighted by Crippen LogP contribution is 2.15. The first-order chi connectivity index (χ1) is 14.7. The predicted molar refractivity (Wildman–Crippen MR) is 125 cm³/mol. The Morgan fingerprint density at radius 3 is 2.80 bits per heavy atom. The molecule has 0 aliphatic carbocycles. The van der Waals surface area contributed by atoms with Gasteiger partial charge in [-0.05, 0) is 54.7 Å². The highest BCUT2D eigenvalue weighted by molar-refractivity contribution is 7.09. The van der Waals surface area contributed by atoms with Crippen molar-refractivity contribution in [3.05, 3.63) is 57.8 Å². The van der Waals surface area contributed by atoms with Crippen molar-refractivity contribution in [1.29, 1.82) is 0 Å². The summed E-state index contributed by atoms with van der Waals surface area (Å²) < 4.78 is 11.5. The molecule has 1 aromatic heterocycles. The normalized spacial score (nSPS) is 16.4. The van der Waals surface area contributed by atoms with Crippen LogP contribution in [-0.2, 0) is 29.0 Å². The van der Waals surface area contributed by atoms with Crippen molar-refractivity contribution in [2.45, 2.75) is 52.4 Å². The number of ether oxygens (including phenoxy) is 2. The second kappa shape index (κ2) is 12.7. The van der Waals surface area contributed by atoms with E-state index in [9.17, 15) is 0 Å². The lowest BCUT2D eigenvalue weighted by Crippen LogP contribution is -2.39. The zero-order valence-corrected chi connectivity index (χ0v) is 19.0. The summed E-state index contributed by atoms with van der Waals surface area (Å²) in [7, 11) is 0. The van der Waals surface area contributed by atoms with E-state index in [-0.39, 0.29) is 0 Å². The van der Waals surface area contributed by atoms with Gasteiger partial charge in [0, 0.05) is 31.2 Å². The van der Waals surface area contributed by atoms with Gasteiger partial charge < -0.3 is 20.1 Å². The molecular formula is C24H35N3O2S. The van der Waals surface area contributed by atoms with Crippen LogP contribution in [0.2, 0.25) is 0 Å². The number of benzene rings is 1. The molecule has 2 heterocycles. The molecule has 2 aromatic rings. The maximum absolute atomic E-state index is 6.06. The minimum absolute atomic E-state index is 0.321. The van der Waals surface area contributed by atoms with Crippen LogP contribution in [0.1, 0.15) is 42.7 Å². The van der Waals surface area contributed by atoms with Crippen molar-refractivity contribution in [2.75, 3.05) is 26.3 Å². The average Bonchev–Trinajstić information content (AvgIpc) is 3.28. The zero-order valence-electron chi connectivity index (χ0n) is 18.2. The molecule has 1 aliphatic heterocycles. The van der Waals surface area contributed by atoms with Crippen LogP contribution in [0.25, 0.3) is 0 Å². The number of thiophene rings is 1. The molecule has 0 bridgehead atoms. The third kappa shape index (κ3) is 8.09. The van der Waals surface area contributed by atoms with Gasteiger partial charge in [-0.1, -0.05) is 37.3 Å². The highest BCUT2D eigenvalue weighted by atomic mass is 32.1. The number of guanidine groups is 1. The van der Waals surface area contributed by atoms with Crippen LogP contribution in [0.4, 0.5) is 0 Å². The highest BCUT2D eigenvalue weighted by Gasteiger charge is 2.14. The first-order valence-corrected chi connectivity index (χ1v) is 11.9. The lowest BCUT2D eigenvalue weighted by Gasteiger charge is -2.22. The van der Waals surface area contributed by atoms with Gasteiger partial charge in [0.15, 0.2) is 5.96 Å². The van der Waals surface area contributed by atoms with Crippen molar-refractivity contribution < 1.29 is 9.47 Å². The van der Waals surface area contributed by atoms with E-state index in [1.54, 1.807) is 0 Å². The minimum Gasteiger partial charge on any atom is -0.381 e. The van der Waals surface area contributed by atoms with Crippen LogP contribution in [0, 0.1) is 5.92 Å². The Labute approximate surface area is 184 Å². The minimum atomic E-state index is 0.321. The van der Waals surface area contributed by atoms with Gasteiger partial charge in [0.2, 0.25) is 0 Å². The summed E-state index contributed by atoms with van der Waals surface area (Å²) in [4.78, 5) is 6.22. The number of hydrogen-bond acceptors (Lipinski definition) is 4. The molecule has 30 heavy (non-hydrogen) atoms. The quantitative estimate of drug-likeness (QED) is 0.435. The SMILES string of the molecule is CCNC(=NCc1cccc(COC2CCOCC2)c1)NCC(C)Cc1cccs1. The number of nitrogens with one attached hydrogen (secondary N) is 2. The van der Waals surface area contributed by atoms with E-state index >= 15 is 0 Å². The molecule has 1 unspecified atom stereocenters. The second-order valence-electron chi connectivity index (χ2n) is 7.91. The van der Waals surface area contributed by atoms with E-state index in [1.165, 1.54) is 16.0 Å². The summed E-state index contributed by atoms with van der Waals surface area (Å²) in [6.45, 7) is 9.06. The maximum Gasteiger partial charge on any atom is 0.191 e. The summed E-state index contributed by atoms with van der Waals surface area (Å²) in [6.07, 6.45) is 3.40. The summed E-state index contributed by atoms with van der Waals surface area (Å²) in [5.74, 6) is 1.43. The molecule has 164 valence electrons.